The van der Waals surface area contributed by atoms with Gasteiger partial charge >= 0.3 is 0 Å². The second-order valence-corrected chi connectivity index (χ2v) is 6.34. The molecule has 2 rings (SSSR count). The SMILES string of the molecule is CC(C)(C)N1CCCC(Nc2ccc(C#N)c(N)n2)C1. The summed E-state index contributed by atoms with van der Waals surface area (Å²) in [5.74, 6) is 1.04. The van der Waals surface area contributed by atoms with E-state index in [1.807, 2.05) is 12.1 Å². The van der Waals surface area contributed by atoms with Crippen molar-refractivity contribution in [1.82, 2.24) is 9.88 Å². The summed E-state index contributed by atoms with van der Waals surface area (Å²) in [6.07, 6.45) is 2.31. The molecule has 108 valence electrons. The van der Waals surface area contributed by atoms with Gasteiger partial charge in [-0.05, 0) is 52.3 Å². The zero-order valence-corrected chi connectivity index (χ0v) is 12.5. The number of anilines is 2. The first-order valence-corrected chi connectivity index (χ1v) is 7.08. The number of aromatic nitrogens is 1. The molecule has 1 fully saturated rings. The number of hydrogen-bond donors (Lipinski definition) is 2. The molecule has 0 saturated carbocycles. The van der Waals surface area contributed by atoms with E-state index in [2.05, 4.69) is 36.0 Å². The van der Waals surface area contributed by atoms with E-state index < -0.39 is 0 Å². The maximum atomic E-state index is 8.86. The normalized spacial score (nSPS) is 20.4. The van der Waals surface area contributed by atoms with E-state index in [-0.39, 0.29) is 5.54 Å². The molecule has 1 aromatic rings. The number of nitrogens with two attached hydrogens (primary N) is 1. The van der Waals surface area contributed by atoms with Gasteiger partial charge in [0.25, 0.3) is 0 Å². The zero-order chi connectivity index (χ0) is 14.8. The number of hydrogen-bond acceptors (Lipinski definition) is 5. The molecule has 0 aliphatic carbocycles. The van der Waals surface area contributed by atoms with E-state index in [9.17, 15) is 0 Å². The Kier molecular flexibility index (Phi) is 4.15. The van der Waals surface area contributed by atoms with Crippen molar-refractivity contribution in [2.45, 2.75) is 45.2 Å². The first-order chi connectivity index (χ1) is 9.40. The fourth-order valence-electron chi connectivity index (χ4n) is 2.56. The van der Waals surface area contributed by atoms with Crippen LogP contribution in [0.15, 0.2) is 12.1 Å². The van der Waals surface area contributed by atoms with Gasteiger partial charge < -0.3 is 11.1 Å². The molecule has 5 heteroatoms. The number of piperidine rings is 1. The Balaban J connectivity index is 2.03. The zero-order valence-electron chi connectivity index (χ0n) is 12.5. The first-order valence-electron chi connectivity index (χ1n) is 7.08. The second kappa shape index (κ2) is 5.68. The van der Waals surface area contributed by atoms with E-state index in [0.717, 1.165) is 25.3 Å². The quantitative estimate of drug-likeness (QED) is 0.863. The predicted octanol–water partition coefficient (Wildman–Crippen LogP) is 2.21. The van der Waals surface area contributed by atoms with Gasteiger partial charge in [0.15, 0.2) is 0 Å². The average Bonchev–Trinajstić information content (AvgIpc) is 2.38. The molecule has 1 aliphatic heterocycles. The fourth-order valence-corrected chi connectivity index (χ4v) is 2.56. The van der Waals surface area contributed by atoms with Crippen LogP contribution in [0.5, 0.6) is 0 Å². The molecule has 0 spiro atoms. The van der Waals surface area contributed by atoms with Crippen molar-refractivity contribution >= 4 is 11.6 Å². The summed E-state index contributed by atoms with van der Waals surface area (Å²) in [4.78, 5) is 6.74. The van der Waals surface area contributed by atoms with Crippen LogP contribution >= 0.6 is 0 Å². The number of nitriles is 1. The van der Waals surface area contributed by atoms with E-state index in [0.29, 0.717) is 17.4 Å². The first kappa shape index (κ1) is 14.6. The number of nitrogens with one attached hydrogen (secondary N) is 1. The molecule has 1 unspecified atom stereocenters. The molecule has 2 heterocycles. The minimum absolute atomic E-state index is 0.192. The smallest absolute Gasteiger partial charge is 0.143 e. The van der Waals surface area contributed by atoms with E-state index in [4.69, 9.17) is 11.0 Å². The summed E-state index contributed by atoms with van der Waals surface area (Å²) in [6, 6.07) is 5.95. The van der Waals surface area contributed by atoms with Crippen molar-refractivity contribution in [2.24, 2.45) is 0 Å². The molecular formula is C15H23N5. The predicted molar refractivity (Wildman–Crippen MR) is 81.3 cm³/mol. The molecular weight excluding hydrogens is 250 g/mol. The summed E-state index contributed by atoms with van der Waals surface area (Å²) < 4.78 is 0. The number of nitrogens with zero attached hydrogens (tertiary/aromatic N) is 3. The molecule has 0 amide bonds. The topological polar surface area (TPSA) is 78.0 Å². The maximum absolute atomic E-state index is 8.86. The molecule has 0 aromatic carbocycles. The molecule has 3 N–H and O–H groups in total. The summed E-state index contributed by atoms with van der Waals surface area (Å²) in [7, 11) is 0. The summed E-state index contributed by atoms with van der Waals surface area (Å²) >= 11 is 0. The summed E-state index contributed by atoms with van der Waals surface area (Å²) in [5, 5.41) is 12.3. The Morgan fingerprint density at radius 1 is 1.45 bits per heavy atom. The third-order valence-electron chi connectivity index (χ3n) is 3.77. The Bertz CT molecular complexity index is 512. The number of nitrogen functional groups attached to an aromatic ring is 1. The Morgan fingerprint density at radius 3 is 2.80 bits per heavy atom. The third-order valence-corrected chi connectivity index (χ3v) is 3.77. The molecule has 0 bridgehead atoms. The molecule has 1 saturated heterocycles. The third kappa shape index (κ3) is 3.40. The minimum Gasteiger partial charge on any atom is -0.383 e. The molecule has 1 aliphatic rings. The van der Waals surface area contributed by atoms with Gasteiger partial charge in [-0.15, -0.1) is 0 Å². The Labute approximate surface area is 120 Å². The fraction of sp³-hybridized carbons (Fsp3) is 0.600. The van der Waals surface area contributed by atoms with Crippen LogP contribution < -0.4 is 11.1 Å². The average molecular weight is 273 g/mol. The molecule has 1 atom stereocenters. The van der Waals surface area contributed by atoms with Crippen LogP contribution in [0.3, 0.4) is 0 Å². The largest absolute Gasteiger partial charge is 0.383 e. The van der Waals surface area contributed by atoms with Crippen LogP contribution in [0.4, 0.5) is 11.6 Å². The van der Waals surface area contributed by atoms with E-state index in [1.54, 1.807) is 6.07 Å². The summed E-state index contributed by atoms with van der Waals surface area (Å²) in [5.41, 5.74) is 6.37. The van der Waals surface area contributed by atoms with Gasteiger partial charge in [0, 0.05) is 18.1 Å². The standard InChI is InChI=1S/C15H23N5/c1-15(2,3)20-8-4-5-12(10-20)18-13-7-6-11(9-16)14(17)19-13/h6-7,12H,4-5,8,10H2,1-3H3,(H3,17,18,19). The highest BCUT2D eigenvalue weighted by molar-refractivity contribution is 5.54. The molecule has 20 heavy (non-hydrogen) atoms. The number of likely N-dealkylation sites (tertiary alicyclic amines) is 1. The molecule has 0 radical (unpaired) electrons. The van der Waals surface area contributed by atoms with Gasteiger partial charge in [0.2, 0.25) is 0 Å². The highest BCUT2D eigenvalue weighted by atomic mass is 15.2. The van der Waals surface area contributed by atoms with Crippen LogP contribution in [0.1, 0.15) is 39.2 Å². The Hall–Kier alpha value is -1.80. The molecule has 5 nitrogen and oxygen atoms in total. The van der Waals surface area contributed by atoms with Crippen molar-refractivity contribution in [2.75, 3.05) is 24.1 Å². The van der Waals surface area contributed by atoms with Crippen LogP contribution in [-0.4, -0.2) is 34.6 Å². The van der Waals surface area contributed by atoms with Gasteiger partial charge in [-0.1, -0.05) is 0 Å². The highest BCUT2D eigenvalue weighted by Crippen LogP contribution is 2.22. The summed E-state index contributed by atoms with van der Waals surface area (Å²) in [6.45, 7) is 8.88. The van der Waals surface area contributed by atoms with Crippen molar-refractivity contribution < 1.29 is 0 Å². The van der Waals surface area contributed by atoms with Gasteiger partial charge in [0.1, 0.15) is 17.7 Å². The van der Waals surface area contributed by atoms with Crippen LogP contribution in [0.25, 0.3) is 0 Å². The van der Waals surface area contributed by atoms with Crippen molar-refractivity contribution in [1.29, 1.82) is 5.26 Å². The van der Waals surface area contributed by atoms with E-state index in [1.165, 1.54) is 6.42 Å². The highest BCUT2D eigenvalue weighted by Gasteiger charge is 2.27. The van der Waals surface area contributed by atoms with Crippen molar-refractivity contribution in [3.05, 3.63) is 17.7 Å². The molecule has 1 aromatic heterocycles. The lowest BCUT2D eigenvalue weighted by molar-refractivity contribution is 0.104. The van der Waals surface area contributed by atoms with Gasteiger partial charge in [-0.25, -0.2) is 4.98 Å². The Morgan fingerprint density at radius 2 is 2.20 bits per heavy atom. The lowest BCUT2D eigenvalue weighted by Crippen LogP contribution is -2.50. The van der Waals surface area contributed by atoms with Crippen LogP contribution in [-0.2, 0) is 0 Å². The van der Waals surface area contributed by atoms with Gasteiger partial charge in [-0.3, -0.25) is 4.90 Å². The second-order valence-electron chi connectivity index (χ2n) is 6.34. The number of pyridine rings is 1. The van der Waals surface area contributed by atoms with Gasteiger partial charge in [-0.2, -0.15) is 5.26 Å². The monoisotopic (exact) mass is 273 g/mol. The van der Waals surface area contributed by atoms with Crippen molar-refractivity contribution in [3.63, 3.8) is 0 Å². The van der Waals surface area contributed by atoms with Crippen LogP contribution in [0, 0.1) is 11.3 Å². The van der Waals surface area contributed by atoms with Gasteiger partial charge in [0.05, 0.1) is 5.56 Å². The number of rotatable bonds is 2. The minimum atomic E-state index is 0.192. The maximum Gasteiger partial charge on any atom is 0.143 e. The lowest BCUT2D eigenvalue weighted by atomic mass is 9.98. The lowest BCUT2D eigenvalue weighted by Gasteiger charge is -2.41. The van der Waals surface area contributed by atoms with E-state index >= 15 is 0 Å². The van der Waals surface area contributed by atoms with Crippen LogP contribution in [0.2, 0.25) is 0 Å². The van der Waals surface area contributed by atoms with Crippen molar-refractivity contribution in [3.8, 4) is 6.07 Å².